The number of anilines is 1. The fraction of sp³-hybridized carbons (Fsp3) is 0.571. The SMILES string of the molecule is Cn1c(Br)cnc1NC1CC1. The van der Waals surface area contributed by atoms with Gasteiger partial charge < -0.3 is 9.88 Å². The van der Waals surface area contributed by atoms with Crippen LogP contribution in [0.1, 0.15) is 12.8 Å². The Balaban J connectivity index is 2.15. The fourth-order valence-corrected chi connectivity index (χ4v) is 1.20. The van der Waals surface area contributed by atoms with Crippen molar-refractivity contribution in [1.82, 2.24) is 9.55 Å². The first-order chi connectivity index (χ1) is 5.27. The first-order valence-electron chi connectivity index (χ1n) is 3.71. The van der Waals surface area contributed by atoms with Gasteiger partial charge >= 0.3 is 0 Å². The van der Waals surface area contributed by atoms with Gasteiger partial charge in [-0.15, -0.1) is 0 Å². The zero-order valence-corrected chi connectivity index (χ0v) is 7.93. The monoisotopic (exact) mass is 215 g/mol. The molecular formula is C7H10BrN3. The molecule has 0 aromatic carbocycles. The van der Waals surface area contributed by atoms with Gasteiger partial charge in [-0.25, -0.2) is 4.98 Å². The number of nitrogens with one attached hydrogen (secondary N) is 1. The molecule has 2 rings (SSSR count). The van der Waals surface area contributed by atoms with Crippen molar-refractivity contribution < 1.29 is 0 Å². The molecular weight excluding hydrogens is 206 g/mol. The van der Waals surface area contributed by atoms with Crippen LogP contribution in [-0.4, -0.2) is 15.6 Å². The van der Waals surface area contributed by atoms with E-state index in [-0.39, 0.29) is 0 Å². The fourth-order valence-electron chi connectivity index (χ4n) is 0.933. The van der Waals surface area contributed by atoms with Crippen LogP contribution < -0.4 is 5.32 Å². The van der Waals surface area contributed by atoms with Crippen LogP contribution in [0, 0.1) is 0 Å². The zero-order chi connectivity index (χ0) is 7.84. The molecule has 0 saturated heterocycles. The molecule has 60 valence electrons. The van der Waals surface area contributed by atoms with E-state index in [2.05, 4.69) is 26.2 Å². The highest BCUT2D eigenvalue weighted by atomic mass is 79.9. The smallest absolute Gasteiger partial charge is 0.203 e. The summed E-state index contributed by atoms with van der Waals surface area (Å²) in [5, 5.41) is 3.33. The minimum atomic E-state index is 0.669. The average Bonchev–Trinajstić information content (AvgIpc) is 2.74. The maximum atomic E-state index is 4.20. The summed E-state index contributed by atoms with van der Waals surface area (Å²) in [4.78, 5) is 4.20. The van der Waals surface area contributed by atoms with Crippen LogP contribution in [0.4, 0.5) is 5.95 Å². The molecule has 0 bridgehead atoms. The van der Waals surface area contributed by atoms with E-state index in [1.54, 1.807) is 0 Å². The normalized spacial score (nSPS) is 16.9. The highest BCUT2D eigenvalue weighted by Gasteiger charge is 2.22. The molecule has 0 unspecified atom stereocenters. The van der Waals surface area contributed by atoms with Crippen molar-refractivity contribution in [2.45, 2.75) is 18.9 Å². The highest BCUT2D eigenvalue weighted by Crippen LogP contribution is 2.24. The van der Waals surface area contributed by atoms with Gasteiger partial charge in [0.1, 0.15) is 4.60 Å². The Morgan fingerprint density at radius 1 is 1.73 bits per heavy atom. The molecule has 1 aromatic heterocycles. The second kappa shape index (κ2) is 2.52. The molecule has 3 nitrogen and oxygen atoms in total. The van der Waals surface area contributed by atoms with Gasteiger partial charge in [-0.3, -0.25) is 0 Å². The van der Waals surface area contributed by atoms with Crippen LogP contribution in [0.2, 0.25) is 0 Å². The molecule has 0 spiro atoms. The number of halogens is 1. The van der Waals surface area contributed by atoms with Gasteiger partial charge in [-0.05, 0) is 28.8 Å². The number of hydrogen-bond acceptors (Lipinski definition) is 2. The Hall–Kier alpha value is -0.510. The van der Waals surface area contributed by atoms with Crippen LogP contribution in [0.25, 0.3) is 0 Å². The quantitative estimate of drug-likeness (QED) is 0.816. The second-order valence-electron chi connectivity index (χ2n) is 2.88. The molecule has 0 aliphatic heterocycles. The van der Waals surface area contributed by atoms with Gasteiger partial charge in [-0.2, -0.15) is 0 Å². The van der Waals surface area contributed by atoms with E-state index in [1.165, 1.54) is 12.8 Å². The Morgan fingerprint density at radius 2 is 2.45 bits per heavy atom. The minimum absolute atomic E-state index is 0.669. The van der Waals surface area contributed by atoms with Crippen molar-refractivity contribution >= 4 is 21.9 Å². The van der Waals surface area contributed by atoms with Crippen molar-refractivity contribution in [2.24, 2.45) is 7.05 Å². The Morgan fingerprint density at radius 3 is 2.91 bits per heavy atom. The number of nitrogens with zero attached hydrogens (tertiary/aromatic N) is 2. The van der Waals surface area contributed by atoms with Gasteiger partial charge in [0.15, 0.2) is 0 Å². The van der Waals surface area contributed by atoms with Crippen LogP contribution in [-0.2, 0) is 7.05 Å². The van der Waals surface area contributed by atoms with Crippen molar-refractivity contribution in [3.05, 3.63) is 10.8 Å². The molecule has 1 aliphatic rings. The third-order valence-electron chi connectivity index (χ3n) is 1.84. The lowest BCUT2D eigenvalue weighted by Gasteiger charge is -2.03. The van der Waals surface area contributed by atoms with E-state index in [1.807, 2.05) is 17.8 Å². The highest BCUT2D eigenvalue weighted by molar-refractivity contribution is 9.10. The summed E-state index contributed by atoms with van der Waals surface area (Å²) in [5.74, 6) is 0.958. The Labute approximate surface area is 73.9 Å². The molecule has 1 aromatic rings. The Bertz CT molecular complexity index is 265. The summed E-state index contributed by atoms with van der Waals surface area (Å²) in [6, 6.07) is 0.669. The van der Waals surface area contributed by atoms with Crippen LogP contribution in [0.3, 0.4) is 0 Å². The predicted octanol–water partition coefficient (Wildman–Crippen LogP) is 1.76. The Kier molecular flexibility index (Phi) is 1.64. The molecule has 0 amide bonds. The van der Waals surface area contributed by atoms with Gasteiger partial charge in [0.2, 0.25) is 5.95 Å². The summed E-state index contributed by atoms with van der Waals surface area (Å²) in [6.07, 6.45) is 4.37. The molecule has 11 heavy (non-hydrogen) atoms. The lowest BCUT2D eigenvalue weighted by molar-refractivity contribution is 0.880. The lowest BCUT2D eigenvalue weighted by Crippen LogP contribution is -2.06. The van der Waals surface area contributed by atoms with Crippen molar-refractivity contribution in [3.63, 3.8) is 0 Å². The minimum Gasteiger partial charge on any atom is -0.353 e. The maximum Gasteiger partial charge on any atom is 0.203 e. The topological polar surface area (TPSA) is 29.9 Å². The molecule has 1 aliphatic carbocycles. The van der Waals surface area contributed by atoms with E-state index in [4.69, 9.17) is 0 Å². The molecule has 1 N–H and O–H groups in total. The van der Waals surface area contributed by atoms with Crippen molar-refractivity contribution in [3.8, 4) is 0 Å². The third-order valence-corrected chi connectivity index (χ3v) is 2.58. The van der Waals surface area contributed by atoms with Gasteiger partial charge in [0.05, 0.1) is 6.20 Å². The largest absolute Gasteiger partial charge is 0.353 e. The summed E-state index contributed by atoms with van der Waals surface area (Å²) in [6.45, 7) is 0. The summed E-state index contributed by atoms with van der Waals surface area (Å²) >= 11 is 3.39. The summed E-state index contributed by atoms with van der Waals surface area (Å²) in [5.41, 5.74) is 0. The lowest BCUT2D eigenvalue weighted by atomic mass is 10.7. The van der Waals surface area contributed by atoms with E-state index >= 15 is 0 Å². The molecule has 0 atom stereocenters. The molecule has 1 saturated carbocycles. The number of hydrogen-bond donors (Lipinski definition) is 1. The predicted molar refractivity (Wildman–Crippen MR) is 47.6 cm³/mol. The van der Waals surface area contributed by atoms with E-state index in [0.717, 1.165) is 10.6 Å². The third kappa shape index (κ3) is 1.40. The summed E-state index contributed by atoms with van der Waals surface area (Å²) in [7, 11) is 1.99. The average molecular weight is 216 g/mol. The maximum absolute atomic E-state index is 4.20. The van der Waals surface area contributed by atoms with Crippen LogP contribution in [0.15, 0.2) is 10.8 Å². The standard InChI is InChI=1S/C7H10BrN3/c1-11-6(8)4-9-7(11)10-5-2-3-5/h4-5H,2-3H2,1H3,(H,9,10). The van der Waals surface area contributed by atoms with Gasteiger partial charge in [-0.1, -0.05) is 0 Å². The van der Waals surface area contributed by atoms with E-state index in [0.29, 0.717) is 6.04 Å². The second-order valence-corrected chi connectivity index (χ2v) is 3.69. The first kappa shape index (κ1) is 7.16. The number of aromatic nitrogens is 2. The van der Waals surface area contributed by atoms with Crippen molar-refractivity contribution in [1.29, 1.82) is 0 Å². The van der Waals surface area contributed by atoms with Gasteiger partial charge in [0.25, 0.3) is 0 Å². The van der Waals surface area contributed by atoms with Crippen LogP contribution in [0.5, 0.6) is 0 Å². The van der Waals surface area contributed by atoms with E-state index < -0.39 is 0 Å². The first-order valence-corrected chi connectivity index (χ1v) is 4.50. The van der Waals surface area contributed by atoms with Crippen LogP contribution >= 0.6 is 15.9 Å². The van der Waals surface area contributed by atoms with Crippen molar-refractivity contribution in [2.75, 3.05) is 5.32 Å². The molecule has 1 fully saturated rings. The number of imidazole rings is 1. The zero-order valence-electron chi connectivity index (χ0n) is 6.34. The molecule has 4 heteroatoms. The van der Waals surface area contributed by atoms with Gasteiger partial charge in [0, 0.05) is 13.1 Å². The summed E-state index contributed by atoms with van der Waals surface area (Å²) < 4.78 is 3.01. The molecule has 1 heterocycles. The molecule has 0 radical (unpaired) electrons. The van der Waals surface area contributed by atoms with E-state index in [9.17, 15) is 0 Å². The number of rotatable bonds is 2.